The van der Waals surface area contributed by atoms with E-state index in [4.69, 9.17) is 17.3 Å². The van der Waals surface area contributed by atoms with E-state index < -0.39 is 11.6 Å². The van der Waals surface area contributed by atoms with Gasteiger partial charge in [-0.1, -0.05) is 11.6 Å². The molecule has 18 heavy (non-hydrogen) atoms. The Balaban J connectivity index is 2.40. The summed E-state index contributed by atoms with van der Waals surface area (Å²) >= 11 is 5.69. The van der Waals surface area contributed by atoms with Crippen molar-refractivity contribution in [1.82, 2.24) is 9.97 Å². The highest BCUT2D eigenvalue weighted by Crippen LogP contribution is 2.27. The predicted octanol–water partition coefficient (Wildman–Crippen LogP) is 3.04. The first-order chi connectivity index (χ1) is 8.49. The van der Waals surface area contributed by atoms with E-state index in [2.05, 4.69) is 15.3 Å². The molecule has 0 unspecified atom stereocenters. The number of nitrogens with zero attached hydrogens (tertiary/aromatic N) is 2. The summed E-state index contributed by atoms with van der Waals surface area (Å²) in [5.41, 5.74) is 5.83. The molecule has 0 bridgehead atoms. The SMILES string of the molecule is Cc1cc(F)c(Nc2ncnc(Cl)c2N)cc1F. The lowest BCUT2D eigenvalue weighted by molar-refractivity contribution is 0.595. The number of hydrogen-bond donors (Lipinski definition) is 2. The van der Waals surface area contributed by atoms with E-state index in [0.717, 1.165) is 12.1 Å². The lowest BCUT2D eigenvalue weighted by atomic mass is 10.2. The third-order valence-corrected chi connectivity index (χ3v) is 2.64. The molecule has 0 saturated heterocycles. The maximum Gasteiger partial charge on any atom is 0.158 e. The quantitative estimate of drug-likeness (QED) is 0.823. The average molecular weight is 271 g/mol. The number of halogens is 3. The Morgan fingerprint density at radius 3 is 2.67 bits per heavy atom. The number of rotatable bonds is 2. The van der Waals surface area contributed by atoms with Gasteiger partial charge in [0.2, 0.25) is 0 Å². The molecule has 7 heteroatoms. The summed E-state index contributed by atoms with van der Waals surface area (Å²) in [7, 11) is 0. The molecule has 0 radical (unpaired) electrons. The number of hydrogen-bond acceptors (Lipinski definition) is 4. The Morgan fingerprint density at radius 2 is 1.94 bits per heavy atom. The van der Waals surface area contributed by atoms with Gasteiger partial charge in [0.25, 0.3) is 0 Å². The summed E-state index contributed by atoms with van der Waals surface area (Å²) in [5, 5.41) is 2.62. The minimum atomic E-state index is -0.608. The Bertz CT molecular complexity index is 604. The Hall–Kier alpha value is -1.95. The fraction of sp³-hybridized carbons (Fsp3) is 0.0909. The Morgan fingerprint density at radius 1 is 1.22 bits per heavy atom. The first kappa shape index (κ1) is 12.5. The number of nitrogen functional groups attached to an aromatic ring is 1. The topological polar surface area (TPSA) is 63.8 Å². The molecule has 0 aliphatic rings. The molecular formula is C11H9ClF2N4. The number of anilines is 3. The normalized spacial score (nSPS) is 10.4. The van der Waals surface area contributed by atoms with Crippen molar-refractivity contribution in [3.8, 4) is 0 Å². The number of benzene rings is 1. The van der Waals surface area contributed by atoms with Crippen LogP contribution in [0.2, 0.25) is 5.15 Å². The molecule has 1 aromatic heterocycles. The van der Waals surface area contributed by atoms with Crippen LogP contribution in [0, 0.1) is 18.6 Å². The second-order valence-electron chi connectivity index (χ2n) is 3.63. The lowest BCUT2D eigenvalue weighted by Crippen LogP contribution is -2.03. The number of nitrogens with two attached hydrogens (primary N) is 1. The Kier molecular flexibility index (Phi) is 3.29. The van der Waals surface area contributed by atoms with Crippen LogP contribution in [0.15, 0.2) is 18.5 Å². The van der Waals surface area contributed by atoms with Crippen LogP contribution in [-0.4, -0.2) is 9.97 Å². The maximum atomic E-state index is 13.6. The van der Waals surface area contributed by atoms with Crippen molar-refractivity contribution in [2.24, 2.45) is 0 Å². The minimum absolute atomic E-state index is 0.0421. The highest BCUT2D eigenvalue weighted by atomic mass is 35.5. The minimum Gasteiger partial charge on any atom is -0.393 e. The van der Waals surface area contributed by atoms with Gasteiger partial charge in [-0.3, -0.25) is 0 Å². The molecule has 0 aliphatic carbocycles. The molecule has 0 amide bonds. The van der Waals surface area contributed by atoms with Crippen LogP contribution >= 0.6 is 11.6 Å². The molecule has 94 valence electrons. The number of nitrogens with one attached hydrogen (secondary N) is 1. The van der Waals surface area contributed by atoms with E-state index in [1.54, 1.807) is 0 Å². The first-order valence-electron chi connectivity index (χ1n) is 4.97. The van der Waals surface area contributed by atoms with Crippen LogP contribution in [0.4, 0.5) is 26.0 Å². The molecule has 2 aromatic rings. The van der Waals surface area contributed by atoms with Crippen LogP contribution in [0.25, 0.3) is 0 Å². The highest BCUT2D eigenvalue weighted by molar-refractivity contribution is 6.32. The van der Waals surface area contributed by atoms with Crippen molar-refractivity contribution in [3.63, 3.8) is 0 Å². The molecule has 4 nitrogen and oxygen atoms in total. The fourth-order valence-corrected chi connectivity index (χ4v) is 1.48. The van der Waals surface area contributed by atoms with E-state index in [1.807, 2.05) is 0 Å². The maximum absolute atomic E-state index is 13.6. The molecule has 2 rings (SSSR count). The third-order valence-electron chi connectivity index (χ3n) is 2.34. The molecule has 1 heterocycles. The summed E-state index contributed by atoms with van der Waals surface area (Å²) in [6.07, 6.45) is 1.17. The van der Waals surface area contributed by atoms with E-state index in [1.165, 1.54) is 13.3 Å². The van der Waals surface area contributed by atoms with Gasteiger partial charge in [-0.05, 0) is 18.6 Å². The zero-order valence-electron chi connectivity index (χ0n) is 9.34. The average Bonchev–Trinajstić information content (AvgIpc) is 2.32. The van der Waals surface area contributed by atoms with Crippen molar-refractivity contribution >= 4 is 28.8 Å². The van der Waals surface area contributed by atoms with Crippen LogP contribution < -0.4 is 11.1 Å². The van der Waals surface area contributed by atoms with Gasteiger partial charge in [0.15, 0.2) is 11.0 Å². The van der Waals surface area contributed by atoms with Crippen molar-refractivity contribution in [2.75, 3.05) is 11.1 Å². The molecular weight excluding hydrogens is 262 g/mol. The van der Waals surface area contributed by atoms with E-state index >= 15 is 0 Å². The smallest absolute Gasteiger partial charge is 0.158 e. The number of aryl methyl sites for hydroxylation is 1. The zero-order chi connectivity index (χ0) is 13.3. The molecule has 1 aromatic carbocycles. The zero-order valence-corrected chi connectivity index (χ0v) is 10.1. The second-order valence-corrected chi connectivity index (χ2v) is 3.99. The molecule has 0 saturated carbocycles. The van der Waals surface area contributed by atoms with Crippen LogP contribution in [0.5, 0.6) is 0 Å². The van der Waals surface area contributed by atoms with E-state index in [9.17, 15) is 8.78 Å². The Labute approximate surface area is 107 Å². The van der Waals surface area contributed by atoms with Gasteiger partial charge in [-0.15, -0.1) is 0 Å². The summed E-state index contributed by atoms with van der Waals surface area (Å²) in [6.45, 7) is 1.47. The molecule has 3 N–H and O–H groups in total. The van der Waals surface area contributed by atoms with Crippen LogP contribution in [0.3, 0.4) is 0 Å². The largest absolute Gasteiger partial charge is 0.393 e. The molecule has 0 atom stereocenters. The second kappa shape index (κ2) is 4.73. The third kappa shape index (κ3) is 2.33. The van der Waals surface area contributed by atoms with Gasteiger partial charge in [0, 0.05) is 6.07 Å². The predicted molar refractivity (Wildman–Crippen MR) is 65.8 cm³/mol. The summed E-state index contributed by atoms with van der Waals surface area (Å²) in [6, 6.07) is 2.11. The van der Waals surface area contributed by atoms with Gasteiger partial charge in [-0.2, -0.15) is 0 Å². The first-order valence-corrected chi connectivity index (χ1v) is 5.35. The molecule has 0 aliphatic heterocycles. The summed E-state index contributed by atoms with van der Waals surface area (Å²) in [4.78, 5) is 7.46. The molecule has 0 fully saturated rings. The van der Waals surface area contributed by atoms with Crippen molar-refractivity contribution in [3.05, 3.63) is 40.8 Å². The summed E-state index contributed by atoms with van der Waals surface area (Å²) in [5.74, 6) is -1.02. The van der Waals surface area contributed by atoms with Crippen LogP contribution in [-0.2, 0) is 0 Å². The van der Waals surface area contributed by atoms with Crippen LogP contribution in [0.1, 0.15) is 5.56 Å². The van der Waals surface area contributed by atoms with Crippen molar-refractivity contribution < 1.29 is 8.78 Å². The van der Waals surface area contributed by atoms with E-state index in [-0.39, 0.29) is 27.9 Å². The monoisotopic (exact) mass is 270 g/mol. The lowest BCUT2D eigenvalue weighted by Gasteiger charge is -2.10. The molecule has 0 spiro atoms. The van der Waals surface area contributed by atoms with E-state index in [0.29, 0.717) is 0 Å². The van der Waals surface area contributed by atoms with Gasteiger partial charge in [0.05, 0.1) is 5.69 Å². The van der Waals surface area contributed by atoms with Gasteiger partial charge in [-0.25, -0.2) is 18.7 Å². The van der Waals surface area contributed by atoms with Gasteiger partial charge in [0.1, 0.15) is 23.6 Å². The standard InChI is InChI=1S/C11H9ClF2N4/c1-5-2-7(14)8(3-6(5)13)18-11-9(15)10(12)16-4-17-11/h2-4H,15H2,1H3,(H,16,17,18). The van der Waals surface area contributed by atoms with Gasteiger partial charge >= 0.3 is 0 Å². The fourth-order valence-electron chi connectivity index (χ4n) is 1.34. The van der Waals surface area contributed by atoms with Crippen molar-refractivity contribution in [2.45, 2.75) is 6.92 Å². The van der Waals surface area contributed by atoms with Crippen molar-refractivity contribution in [1.29, 1.82) is 0 Å². The summed E-state index contributed by atoms with van der Waals surface area (Å²) < 4.78 is 26.9. The highest BCUT2D eigenvalue weighted by Gasteiger charge is 2.11. The van der Waals surface area contributed by atoms with Gasteiger partial charge < -0.3 is 11.1 Å². The number of aromatic nitrogens is 2.